The van der Waals surface area contributed by atoms with E-state index < -0.39 is 0 Å². The van der Waals surface area contributed by atoms with Crippen molar-refractivity contribution in [3.8, 4) is 0 Å². The standard InChI is InChI=1S/C17H26N2S/c1-2-15-11-18-17(14-7-4-3-5-8-14)13-19(15)12-16-9-6-10-20-16/h3-5,7-8,15-18H,2,6,9-13H2,1H3. The van der Waals surface area contributed by atoms with E-state index in [0.29, 0.717) is 6.04 Å². The lowest BCUT2D eigenvalue weighted by Crippen LogP contribution is -2.53. The van der Waals surface area contributed by atoms with Gasteiger partial charge in [0.2, 0.25) is 0 Å². The summed E-state index contributed by atoms with van der Waals surface area (Å²) in [5.41, 5.74) is 1.44. The molecule has 2 nitrogen and oxygen atoms in total. The average molecular weight is 290 g/mol. The van der Waals surface area contributed by atoms with Crippen molar-refractivity contribution in [3.05, 3.63) is 35.9 Å². The molecule has 2 aliphatic rings. The van der Waals surface area contributed by atoms with Gasteiger partial charge in [-0.15, -0.1) is 0 Å². The second-order valence-corrected chi connectivity index (χ2v) is 7.43. The quantitative estimate of drug-likeness (QED) is 0.916. The van der Waals surface area contributed by atoms with Gasteiger partial charge in [-0.1, -0.05) is 37.3 Å². The van der Waals surface area contributed by atoms with E-state index in [9.17, 15) is 0 Å². The van der Waals surface area contributed by atoms with Crippen molar-refractivity contribution in [1.82, 2.24) is 10.2 Å². The van der Waals surface area contributed by atoms with Crippen LogP contribution in [0.1, 0.15) is 37.8 Å². The van der Waals surface area contributed by atoms with Crippen LogP contribution >= 0.6 is 11.8 Å². The van der Waals surface area contributed by atoms with Crippen molar-refractivity contribution >= 4 is 11.8 Å². The zero-order chi connectivity index (χ0) is 13.8. The van der Waals surface area contributed by atoms with Crippen LogP contribution in [0.4, 0.5) is 0 Å². The van der Waals surface area contributed by atoms with E-state index >= 15 is 0 Å². The molecule has 3 rings (SSSR count). The van der Waals surface area contributed by atoms with Crippen LogP contribution in [-0.4, -0.2) is 41.6 Å². The maximum absolute atomic E-state index is 3.74. The van der Waals surface area contributed by atoms with E-state index in [1.807, 2.05) is 0 Å². The summed E-state index contributed by atoms with van der Waals surface area (Å²) in [6, 6.07) is 12.1. The molecule has 1 N–H and O–H groups in total. The molecule has 0 spiro atoms. The topological polar surface area (TPSA) is 15.3 Å². The average Bonchev–Trinajstić information content (AvgIpc) is 3.01. The largest absolute Gasteiger partial charge is 0.307 e. The Morgan fingerprint density at radius 3 is 2.85 bits per heavy atom. The van der Waals surface area contributed by atoms with Gasteiger partial charge in [0.05, 0.1) is 0 Å². The molecule has 0 radical (unpaired) electrons. The fourth-order valence-electron chi connectivity index (χ4n) is 3.44. The third kappa shape index (κ3) is 3.38. The smallest absolute Gasteiger partial charge is 0.0449 e. The van der Waals surface area contributed by atoms with Crippen LogP contribution in [0.3, 0.4) is 0 Å². The van der Waals surface area contributed by atoms with Crippen LogP contribution in [0.25, 0.3) is 0 Å². The van der Waals surface area contributed by atoms with Gasteiger partial charge in [0.25, 0.3) is 0 Å². The number of thioether (sulfide) groups is 1. The summed E-state index contributed by atoms with van der Waals surface area (Å²) in [6.45, 7) is 5.91. The molecule has 0 aromatic heterocycles. The lowest BCUT2D eigenvalue weighted by Gasteiger charge is -2.41. The van der Waals surface area contributed by atoms with Crippen molar-refractivity contribution in [1.29, 1.82) is 0 Å². The van der Waals surface area contributed by atoms with Crippen LogP contribution in [-0.2, 0) is 0 Å². The summed E-state index contributed by atoms with van der Waals surface area (Å²) in [4.78, 5) is 2.75. The second-order valence-electron chi connectivity index (χ2n) is 6.02. The number of nitrogens with one attached hydrogen (secondary N) is 1. The zero-order valence-corrected chi connectivity index (χ0v) is 13.2. The van der Waals surface area contributed by atoms with Crippen LogP contribution in [0, 0.1) is 0 Å². The van der Waals surface area contributed by atoms with Gasteiger partial charge in [-0.3, -0.25) is 4.90 Å². The summed E-state index contributed by atoms with van der Waals surface area (Å²) >= 11 is 2.18. The maximum atomic E-state index is 3.74. The van der Waals surface area contributed by atoms with Gasteiger partial charge in [-0.25, -0.2) is 0 Å². The fraction of sp³-hybridized carbons (Fsp3) is 0.647. The predicted octanol–water partition coefficient (Wildman–Crippen LogP) is 3.31. The Kier molecular flexibility index (Phi) is 5.03. The highest BCUT2D eigenvalue weighted by atomic mass is 32.2. The van der Waals surface area contributed by atoms with Gasteiger partial charge < -0.3 is 5.32 Å². The van der Waals surface area contributed by atoms with E-state index in [1.165, 1.54) is 43.7 Å². The number of hydrogen-bond acceptors (Lipinski definition) is 3. The first-order valence-electron chi connectivity index (χ1n) is 8.00. The van der Waals surface area contributed by atoms with Gasteiger partial charge >= 0.3 is 0 Å². The van der Waals surface area contributed by atoms with Crippen molar-refractivity contribution in [2.45, 2.75) is 43.5 Å². The molecule has 0 amide bonds. The lowest BCUT2D eigenvalue weighted by atomic mass is 10.00. The molecule has 1 aromatic rings. The molecule has 3 unspecified atom stereocenters. The van der Waals surface area contributed by atoms with E-state index in [4.69, 9.17) is 0 Å². The Morgan fingerprint density at radius 1 is 1.30 bits per heavy atom. The molecule has 20 heavy (non-hydrogen) atoms. The van der Waals surface area contributed by atoms with Gasteiger partial charge in [-0.2, -0.15) is 11.8 Å². The summed E-state index contributed by atoms with van der Waals surface area (Å²) in [6.07, 6.45) is 4.09. The van der Waals surface area contributed by atoms with E-state index in [2.05, 4.69) is 59.2 Å². The molecule has 0 bridgehead atoms. The minimum atomic E-state index is 0.505. The number of hydrogen-bond donors (Lipinski definition) is 1. The Bertz CT molecular complexity index is 403. The molecule has 2 heterocycles. The first-order valence-corrected chi connectivity index (χ1v) is 9.05. The molecule has 1 aromatic carbocycles. The Morgan fingerprint density at radius 2 is 2.15 bits per heavy atom. The van der Waals surface area contributed by atoms with Crippen LogP contribution in [0.5, 0.6) is 0 Å². The molecule has 0 aliphatic carbocycles. The summed E-state index contributed by atoms with van der Waals surface area (Å²) in [5, 5.41) is 4.62. The van der Waals surface area contributed by atoms with Crippen molar-refractivity contribution in [2.24, 2.45) is 0 Å². The third-order valence-electron chi connectivity index (χ3n) is 4.67. The number of benzene rings is 1. The summed E-state index contributed by atoms with van der Waals surface area (Å²) in [5.74, 6) is 1.37. The van der Waals surface area contributed by atoms with Gasteiger partial charge in [0.1, 0.15) is 0 Å². The van der Waals surface area contributed by atoms with Crippen molar-refractivity contribution in [2.75, 3.05) is 25.4 Å². The maximum Gasteiger partial charge on any atom is 0.0449 e. The molecule has 3 atom stereocenters. The highest BCUT2D eigenvalue weighted by Crippen LogP contribution is 2.29. The third-order valence-corrected chi connectivity index (χ3v) is 6.05. The Balaban J connectivity index is 1.65. The molecular weight excluding hydrogens is 264 g/mol. The first-order chi connectivity index (χ1) is 9.86. The van der Waals surface area contributed by atoms with Gasteiger partial charge in [0, 0.05) is 37.0 Å². The SMILES string of the molecule is CCC1CNC(c2ccccc2)CN1CC1CCCS1. The molecule has 2 saturated heterocycles. The summed E-state index contributed by atoms with van der Waals surface area (Å²) in [7, 11) is 0. The van der Waals surface area contributed by atoms with Crippen LogP contribution in [0.2, 0.25) is 0 Å². The molecule has 2 aliphatic heterocycles. The number of piperazine rings is 1. The summed E-state index contributed by atoms with van der Waals surface area (Å²) < 4.78 is 0. The first kappa shape index (κ1) is 14.4. The molecule has 3 heteroatoms. The lowest BCUT2D eigenvalue weighted by molar-refractivity contribution is 0.127. The predicted molar refractivity (Wildman–Crippen MR) is 88.3 cm³/mol. The number of nitrogens with zero attached hydrogens (tertiary/aromatic N) is 1. The van der Waals surface area contributed by atoms with E-state index in [-0.39, 0.29) is 0 Å². The molecule has 0 saturated carbocycles. The van der Waals surface area contributed by atoms with Gasteiger partial charge in [0.15, 0.2) is 0 Å². The Labute approximate surface area is 127 Å². The highest BCUT2D eigenvalue weighted by molar-refractivity contribution is 8.00. The van der Waals surface area contributed by atoms with Gasteiger partial charge in [-0.05, 0) is 30.6 Å². The normalized spacial score (nSPS) is 31.6. The van der Waals surface area contributed by atoms with Crippen molar-refractivity contribution < 1.29 is 0 Å². The van der Waals surface area contributed by atoms with Crippen molar-refractivity contribution in [3.63, 3.8) is 0 Å². The van der Waals surface area contributed by atoms with E-state index in [0.717, 1.165) is 17.8 Å². The molecule has 110 valence electrons. The van der Waals surface area contributed by atoms with Crippen LogP contribution in [0.15, 0.2) is 30.3 Å². The number of rotatable bonds is 4. The molecule has 2 fully saturated rings. The minimum Gasteiger partial charge on any atom is -0.307 e. The zero-order valence-electron chi connectivity index (χ0n) is 12.4. The van der Waals surface area contributed by atoms with Crippen LogP contribution < -0.4 is 5.32 Å². The van der Waals surface area contributed by atoms with E-state index in [1.54, 1.807) is 0 Å². The second kappa shape index (κ2) is 6.97. The fourth-order valence-corrected chi connectivity index (χ4v) is 4.74. The monoisotopic (exact) mass is 290 g/mol. The minimum absolute atomic E-state index is 0.505. The molecular formula is C17H26N2S. The Hall–Kier alpha value is -0.510. The highest BCUT2D eigenvalue weighted by Gasteiger charge is 2.30.